The van der Waals surface area contributed by atoms with Crippen molar-refractivity contribution in [2.24, 2.45) is 11.8 Å². The summed E-state index contributed by atoms with van der Waals surface area (Å²) in [5.74, 6) is 0.0471. The fourth-order valence-corrected chi connectivity index (χ4v) is 8.02. The molecule has 0 unspecified atom stereocenters. The van der Waals surface area contributed by atoms with Gasteiger partial charge in [0.05, 0.1) is 49.2 Å². The molecule has 16 nitrogen and oxygen atoms in total. The summed E-state index contributed by atoms with van der Waals surface area (Å²) in [6.07, 6.45) is 2.91. The number of urea groups is 2. The maximum atomic E-state index is 12.3. The molecule has 20 heteroatoms. The number of sulfone groups is 2. The minimum Gasteiger partial charge on any atom is -0.491 e. The van der Waals surface area contributed by atoms with Gasteiger partial charge in [0, 0.05) is 6.26 Å². The number of thiazole rings is 2. The molecule has 0 aliphatic heterocycles. The molecule has 0 bridgehead atoms. The van der Waals surface area contributed by atoms with E-state index >= 15 is 0 Å². The standard InChI is InChI=1S/C18H23N3O6S2.C16H21N3O4S2/c1-11(2)10-27-14-8-12(3)4-5-13(14)20-17(24)21-18-19-9-16(28-18)29(25,26)7-6-15(22)23;1-10(2)9-23-13-7-11(3)5-6-12(13)18-15(20)19-16-17-8-14(24-16)25(4,21)22/h4-5,8-9,11H,6-7,10H2,1-3H3,(H,22,23)(H2,19,20,21,24);5-8,10H,9H2,1-4H3,(H2,17,18,19,20). The van der Waals surface area contributed by atoms with Crippen LogP contribution in [0, 0.1) is 25.7 Å². The molecule has 0 fully saturated rings. The number of nitrogens with zero attached hydrogens (tertiary/aromatic N) is 2. The third-order valence-electron chi connectivity index (χ3n) is 6.58. The Balaban J connectivity index is 0.000000294. The van der Waals surface area contributed by atoms with Gasteiger partial charge in [0.2, 0.25) is 0 Å². The molecule has 0 aliphatic carbocycles. The molecule has 54 heavy (non-hydrogen) atoms. The Labute approximate surface area is 322 Å². The van der Waals surface area contributed by atoms with E-state index in [9.17, 15) is 31.2 Å². The summed E-state index contributed by atoms with van der Waals surface area (Å²) < 4.78 is 58.6. The van der Waals surface area contributed by atoms with Crippen LogP contribution in [-0.2, 0) is 24.5 Å². The first-order chi connectivity index (χ1) is 25.2. The van der Waals surface area contributed by atoms with E-state index in [0.717, 1.165) is 46.3 Å². The van der Waals surface area contributed by atoms with Crippen molar-refractivity contribution in [2.75, 3.05) is 46.5 Å². The third-order valence-corrected chi connectivity index (χ3v) is 12.5. The highest BCUT2D eigenvalue weighted by atomic mass is 32.2. The zero-order valence-corrected chi connectivity index (χ0v) is 34.0. The van der Waals surface area contributed by atoms with Gasteiger partial charge in [-0.1, -0.05) is 62.5 Å². The molecule has 5 N–H and O–H groups in total. The Morgan fingerprint density at radius 1 is 0.722 bits per heavy atom. The van der Waals surface area contributed by atoms with Crippen LogP contribution in [0.25, 0.3) is 0 Å². The van der Waals surface area contributed by atoms with Crippen LogP contribution >= 0.6 is 22.7 Å². The van der Waals surface area contributed by atoms with Crippen LogP contribution in [0.1, 0.15) is 45.2 Å². The van der Waals surface area contributed by atoms with E-state index in [0.29, 0.717) is 47.9 Å². The number of ether oxygens (including phenoxy) is 2. The molecule has 2 aromatic heterocycles. The molecule has 294 valence electrons. The molecule has 0 aliphatic rings. The van der Waals surface area contributed by atoms with Crippen LogP contribution in [0.5, 0.6) is 11.5 Å². The van der Waals surface area contributed by atoms with Crippen molar-refractivity contribution in [3.8, 4) is 11.5 Å². The summed E-state index contributed by atoms with van der Waals surface area (Å²) in [5, 5.41) is 19.3. The van der Waals surface area contributed by atoms with Crippen LogP contribution in [-0.4, -0.2) is 75.2 Å². The average molecular weight is 825 g/mol. The normalized spacial score (nSPS) is 11.4. The molecule has 0 saturated carbocycles. The first-order valence-corrected chi connectivity index (χ1v) is 21.6. The minimum absolute atomic E-state index is 0.0770. The van der Waals surface area contributed by atoms with E-state index in [2.05, 4.69) is 31.2 Å². The first-order valence-electron chi connectivity index (χ1n) is 16.4. The zero-order valence-electron chi connectivity index (χ0n) is 30.8. The lowest BCUT2D eigenvalue weighted by atomic mass is 10.2. The van der Waals surface area contributed by atoms with Crippen molar-refractivity contribution < 1.29 is 45.8 Å². The highest BCUT2D eigenvalue weighted by Crippen LogP contribution is 2.29. The number of anilines is 4. The number of hydrogen-bond acceptors (Lipinski definition) is 13. The number of carbonyl (C=O) groups is 3. The second-order valence-electron chi connectivity index (χ2n) is 12.8. The second kappa shape index (κ2) is 19.5. The van der Waals surface area contributed by atoms with Crippen LogP contribution < -0.4 is 30.7 Å². The third kappa shape index (κ3) is 14.6. The maximum Gasteiger partial charge on any atom is 0.325 e. The van der Waals surface area contributed by atoms with Gasteiger partial charge in [-0.25, -0.2) is 36.4 Å². The minimum atomic E-state index is -3.77. The number of carbonyl (C=O) groups excluding carboxylic acids is 2. The van der Waals surface area contributed by atoms with E-state index in [-0.39, 0.29) is 18.7 Å². The number of carboxylic acid groups (broad SMARTS) is 1. The Morgan fingerprint density at radius 3 is 1.54 bits per heavy atom. The van der Waals surface area contributed by atoms with E-state index in [1.54, 1.807) is 12.1 Å². The van der Waals surface area contributed by atoms with Gasteiger partial charge in [-0.2, -0.15) is 0 Å². The van der Waals surface area contributed by atoms with Gasteiger partial charge >= 0.3 is 18.0 Å². The van der Waals surface area contributed by atoms with Gasteiger partial charge < -0.3 is 25.2 Å². The van der Waals surface area contributed by atoms with Gasteiger partial charge in [-0.15, -0.1) is 0 Å². The van der Waals surface area contributed by atoms with E-state index in [4.69, 9.17) is 14.6 Å². The molecule has 4 aromatic rings. The first kappa shape index (κ1) is 43.6. The van der Waals surface area contributed by atoms with Crippen molar-refractivity contribution >= 4 is 82.0 Å². The number of benzene rings is 2. The lowest BCUT2D eigenvalue weighted by Gasteiger charge is -2.14. The molecular formula is C34H44N6O10S4. The molecule has 4 rings (SSSR count). The molecule has 4 amide bonds. The van der Waals surface area contributed by atoms with Crippen LogP contribution in [0.4, 0.5) is 31.2 Å². The number of hydrogen-bond donors (Lipinski definition) is 5. The van der Waals surface area contributed by atoms with Crippen molar-refractivity contribution in [1.82, 2.24) is 9.97 Å². The number of amides is 4. The van der Waals surface area contributed by atoms with E-state index < -0.39 is 49.9 Å². The summed E-state index contributed by atoms with van der Waals surface area (Å²) in [6.45, 7) is 13.0. The zero-order chi connectivity index (χ0) is 40.2. The van der Waals surface area contributed by atoms with E-state index in [1.807, 2.05) is 65.8 Å². The van der Waals surface area contributed by atoms with Crippen molar-refractivity contribution in [3.05, 3.63) is 59.9 Å². The maximum absolute atomic E-state index is 12.3. The Bertz CT molecular complexity index is 2150. The number of carboxylic acids is 1. The van der Waals surface area contributed by atoms with Crippen LogP contribution in [0.2, 0.25) is 0 Å². The topological polar surface area (TPSA) is 232 Å². The fraction of sp³-hybridized carbons (Fsp3) is 0.382. The largest absolute Gasteiger partial charge is 0.491 e. The molecule has 0 saturated heterocycles. The lowest BCUT2D eigenvalue weighted by molar-refractivity contribution is -0.136. The number of aromatic nitrogens is 2. The Morgan fingerprint density at radius 2 is 1.15 bits per heavy atom. The van der Waals surface area contributed by atoms with Crippen LogP contribution in [0.15, 0.2) is 57.2 Å². The monoisotopic (exact) mass is 824 g/mol. The number of nitrogens with one attached hydrogen (secondary N) is 4. The SMILES string of the molecule is Cc1ccc(NC(=O)Nc2ncc(S(=O)(=O)CCC(=O)O)s2)c(OCC(C)C)c1.Cc1ccc(NC(=O)Nc2ncc(S(C)(=O)=O)s2)c(OCC(C)C)c1. The number of rotatable bonds is 15. The predicted molar refractivity (Wildman–Crippen MR) is 210 cm³/mol. The smallest absolute Gasteiger partial charge is 0.325 e. The highest BCUT2D eigenvalue weighted by molar-refractivity contribution is 7.93. The quantitative estimate of drug-likeness (QED) is 0.0823. The predicted octanol–water partition coefficient (Wildman–Crippen LogP) is 6.91. The molecule has 2 heterocycles. The summed E-state index contributed by atoms with van der Waals surface area (Å²) in [4.78, 5) is 42.8. The highest BCUT2D eigenvalue weighted by Gasteiger charge is 2.21. The van der Waals surface area contributed by atoms with Gasteiger partial charge in [0.1, 0.15) is 19.9 Å². The van der Waals surface area contributed by atoms with Crippen LogP contribution in [0.3, 0.4) is 0 Å². The number of aliphatic carboxylic acids is 1. The summed E-state index contributed by atoms with van der Waals surface area (Å²) >= 11 is 1.65. The van der Waals surface area contributed by atoms with Gasteiger partial charge in [-0.3, -0.25) is 15.4 Å². The molecule has 0 atom stereocenters. The van der Waals surface area contributed by atoms with E-state index in [1.165, 1.54) is 6.20 Å². The molecular weight excluding hydrogens is 781 g/mol. The fourth-order valence-electron chi connectivity index (χ4n) is 3.99. The van der Waals surface area contributed by atoms with Crippen molar-refractivity contribution in [3.63, 3.8) is 0 Å². The van der Waals surface area contributed by atoms with Crippen molar-refractivity contribution in [1.29, 1.82) is 0 Å². The van der Waals surface area contributed by atoms with Gasteiger partial charge in [0.15, 0.2) is 29.9 Å². The average Bonchev–Trinajstić information content (AvgIpc) is 3.75. The lowest BCUT2D eigenvalue weighted by Crippen LogP contribution is -2.20. The Kier molecular flexibility index (Phi) is 15.8. The molecule has 0 radical (unpaired) electrons. The second-order valence-corrected chi connectivity index (χ2v) is 19.4. The Hall–Kier alpha value is -4.79. The summed E-state index contributed by atoms with van der Waals surface area (Å²) in [5.41, 5.74) is 3.00. The van der Waals surface area contributed by atoms with Crippen molar-refractivity contribution in [2.45, 2.75) is 56.4 Å². The summed E-state index contributed by atoms with van der Waals surface area (Å²) in [7, 11) is -7.11. The molecule has 2 aromatic carbocycles. The molecule has 0 spiro atoms. The van der Waals surface area contributed by atoms with Gasteiger partial charge in [0.25, 0.3) is 0 Å². The summed E-state index contributed by atoms with van der Waals surface area (Å²) in [6, 6.07) is 9.71. The number of aryl methyl sites for hydroxylation is 2. The van der Waals surface area contributed by atoms with Gasteiger partial charge in [-0.05, 0) is 61.1 Å².